The number of benzene rings is 2. The zero-order valence-corrected chi connectivity index (χ0v) is 19.4. The van der Waals surface area contributed by atoms with Crippen LogP contribution in [0.1, 0.15) is 11.1 Å². The first-order chi connectivity index (χ1) is 17.0. The number of aromatic nitrogens is 1. The minimum Gasteiger partial charge on any atom is -0.497 e. The number of ether oxygens (including phenoxy) is 2. The van der Waals surface area contributed by atoms with Gasteiger partial charge in [-0.15, -0.1) is 0 Å². The van der Waals surface area contributed by atoms with Crippen molar-refractivity contribution in [3.8, 4) is 17.2 Å². The SMILES string of the molecule is COc1cccc(CC(=O)N2CCN(C(=O)/C=C/c3ccc(Oc4cccnc4)c(F)c3)CC2)c1. The van der Waals surface area contributed by atoms with Gasteiger partial charge in [0.15, 0.2) is 11.6 Å². The molecule has 0 bridgehead atoms. The molecule has 2 amide bonds. The third-order valence-electron chi connectivity index (χ3n) is 5.67. The lowest BCUT2D eigenvalue weighted by molar-refractivity contribution is -0.136. The van der Waals surface area contributed by atoms with Gasteiger partial charge in [0.05, 0.1) is 19.7 Å². The molecule has 8 heteroatoms. The lowest BCUT2D eigenvalue weighted by Crippen LogP contribution is -2.50. The molecule has 1 aromatic heterocycles. The topological polar surface area (TPSA) is 72.0 Å². The maximum Gasteiger partial charge on any atom is 0.246 e. The Bertz CT molecular complexity index is 1210. The van der Waals surface area contributed by atoms with Gasteiger partial charge in [0.25, 0.3) is 0 Å². The molecule has 2 heterocycles. The summed E-state index contributed by atoms with van der Waals surface area (Å²) in [5.41, 5.74) is 1.43. The summed E-state index contributed by atoms with van der Waals surface area (Å²) in [6.45, 7) is 1.83. The molecule has 0 N–H and O–H groups in total. The quantitative estimate of drug-likeness (QED) is 0.484. The third kappa shape index (κ3) is 6.44. The summed E-state index contributed by atoms with van der Waals surface area (Å²) in [5.74, 6) is 0.535. The van der Waals surface area contributed by atoms with Crippen LogP contribution in [0.4, 0.5) is 4.39 Å². The van der Waals surface area contributed by atoms with Crippen LogP contribution in [0.15, 0.2) is 73.1 Å². The molecule has 1 fully saturated rings. The van der Waals surface area contributed by atoms with E-state index in [2.05, 4.69) is 4.98 Å². The van der Waals surface area contributed by atoms with Gasteiger partial charge < -0.3 is 19.3 Å². The number of nitrogens with zero attached hydrogens (tertiary/aromatic N) is 3. The van der Waals surface area contributed by atoms with E-state index in [0.717, 1.165) is 5.56 Å². The van der Waals surface area contributed by atoms with Crippen molar-refractivity contribution in [2.24, 2.45) is 0 Å². The van der Waals surface area contributed by atoms with E-state index in [9.17, 15) is 14.0 Å². The summed E-state index contributed by atoms with van der Waals surface area (Å²) in [5, 5.41) is 0. The average molecular weight is 476 g/mol. The van der Waals surface area contributed by atoms with Crippen molar-refractivity contribution in [1.82, 2.24) is 14.8 Å². The van der Waals surface area contributed by atoms with Crippen LogP contribution in [0.2, 0.25) is 0 Å². The molecule has 3 aromatic rings. The van der Waals surface area contributed by atoms with Crippen LogP contribution in [0.5, 0.6) is 17.2 Å². The summed E-state index contributed by atoms with van der Waals surface area (Å²) >= 11 is 0. The van der Waals surface area contributed by atoms with Gasteiger partial charge in [0, 0.05) is 38.5 Å². The predicted octanol–water partition coefficient (Wildman–Crippen LogP) is 3.95. The van der Waals surface area contributed by atoms with E-state index in [1.165, 1.54) is 24.4 Å². The Morgan fingerprint density at radius 2 is 1.77 bits per heavy atom. The van der Waals surface area contributed by atoms with Crippen LogP contribution in [0, 0.1) is 5.82 Å². The van der Waals surface area contributed by atoms with E-state index in [4.69, 9.17) is 9.47 Å². The van der Waals surface area contributed by atoms with Crippen molar-refractivity contribution >= 4 is 17.9 Å². The fourth-order valence-electron chi connectivity index (χ4n) is 3.76. The minimum absolute atomic E-state index is 0.0185. The van der Waals surface area contributed by atoms with E-state index < -0.39 is 5.82 Å². The van der Waals surface area contributed by atoms with Crippen LogP contribution in [-0.2, 0) is 16.0 Å². The Labute approximate surface area is 203 Å². The monoisotopic (exact) mass is 475 g/mol. The summed E-state index contributed by atoms with van der Waals surface area (Å²) in [4.78, 5) is 32.6. The van der Waals surface area contributed by atoms with Crippen LogP contribution in [0.3, 0.4) is 0 Å². The fourth-order valence-corrected chi connectivity index (χ4v) is 3.76. The number of amides is 2. The van der Waals surface area contributed by atoms with Crippen molar-refractivity contribution in [1.29, 1.82) is 0 Å². The lowest BCUT2D eigenvalue weighted by atomic mass is 10.1. The second-order valence-electron chi connectivity index (χ2n) is 8.05. The Morgan fingerprint density at radius 1 is 1.00 bits per heavy atom. The molecule has 35 heavy (non-hydrogen) atoms. The number of rotatable bonds is 7. The van der Waals surface area contributed by atoms with Gasteiger partial charge in [-0.3, -0.25) is 14.6 Å². The van der Waals surface area contributed by atoms with Crippen molar-refractivity contribution in [2.75, 3.05) is 33.3 Å². The standard InChI is InChI=1S/C27H26FN3O4/c1-34-22-5-2-4-21(16-22)18-27(33)31-14-12-30(13-15-31)26(32)10-8-20-7-9-25(24(28)17-20)35-23-6-3-11-29-19-23/h2-11,16-17,19H,12-15,18H2,1H3/b10-8+. The predicted molar refractivity (Wildman–Crippen MR) is 130 cm³/mol. The van der Waals surface area contributed by atoms with Crippen LogP contribution >= 0.6 is 0 Å². The highest BCUT2D eigenvalue weighted by Gasteiger charge is 2.23. The maximum absolute atomic E-state index is 14.4. The number of carbonyl (C=O) groups excluding carboxylic acids is 2. The molecule has 0 radical (unpaired) electrons. The molecule has 0 atom stereocenters. The number of methoxy groups -OCH3 is 1. The molecule has 180 valence electrons. The molecule has 1 aliphatic heterocycles. The molecular weight excluding hydrogens is 449 g/mol. The van der Waals surface area contributed by atoms with Gasteiger partial charge >= 0.3 is 0 Å². The lowest BCUT2D eigenvalue weighted by Gasteiger charge is -2.34. The minimum atomic E-state index is -0.536. The van der Waals surface area contributed by atoms with E-state index in [1.807, 2.05) is 24.3 Å². The summed E-state index contributed by atoms with van der Waals surface area (Å²) < 4.78 is 25.1. The van der Waals surface area contributed by atoms with Crippen molar-refractivity contribution in [3.63, 3.8) is 0 Å². The highest BCUT2D eigenvalue weighted by atomic mass is 19.1. The highest BCUT2D eigenvalue weighted by molar-refractivity contribution is 5.92. The first-order valence-electron chi connectivity index (χ1n) is 11.3. The van der Waals surface area contributed by atoms with Gasteiger partial charge in [-0.2, -0.15) is 0 Å². The Kier molecular flexibility index (Phi) is 7.72. The highest BCUT2D eigenvalue weighted by Crippen LogP contribution is 2.25. The van der Waals surface area contributed by atoms with Crippen LogP contribution < -0.4 is 9.47 Å². The maximum atomic E-state index is 14.4. The second-order valence-corrected chi connectivity index (χ2v) is 8.05. The van der Waals surface area contributed by atoms with Crippen LogP contribution in [0.25, 0.3) is 6.08 Å². The number of hydrogen-bond donors (Lipinski definition) is 0. The zero-order chi connectivity index (χ0) is 24.6. The first-order valence-corrected chi connectivity index (χ1v) is 11.3. The second kappa shape index (κ2) is 11.3. The zero-order valence-electron chi connectivity index (χ0n) is 19.4. The smallest absolute Gasteiger partial charge is 0.246 e. The van der Waals surface area contributed by atoms with Crippen molar-refractivity contribution in [3.05, 3.63) is 90.0 Å². The molecule has 1 aliphatic rings. The van der Waals surface area contributed by atoms with E-state index in [0.29, 0.717) is 43.2 Å². The number of hydrogen-bond acceptors (Lipinski definition) is 5. The normalized spacial score (nSPS) is 13.7. The summed E-state index contributed by atoms with van der Waals surface area (Å²) in [6.07, 6.45) is 6.38. The van der Waals surface area contributed by atoms with Crippen molar-refractivity contribution < 1.29 is 23.5 Å². The van der Waals surface area contributed by atoms with Gasteiger partial charge in [0.1, 0.15) is 11.5 Å². The van der Waals surface area contributed by atoms with Crippen LogP contribution in [-0.4, -0.2) is 59.9 Å². The molecule has 0 spiro atoms. The Hall–Kier alpha value is -4.20. The molecule has 7 nitrogen and oxygen atoms in total. The summed E-state index contributed by atoms with van der Waals surface area (Å²) in [6, 6.07) is 15.3. The molecule has 4 rings (SSSR count). The summed E-state index contributed by atoms with van der Waals surface area (Å²) in [7, 11) is 1.59. The fraction of sp³-hybridized carbons (Fsp3) is 0.222. The first kappa shape index (κ1) is 23.9. The number of piperazine rings is 1. The van der Waals surface area contributed by atoms with E-state index >= 15 is 0 Å². The van der Waals surface area contributed by atoms with E-state index in [1.54, 1.807) is 47.4 Å². The Morgan fingerprint density at radius 3 is 2.49 bits per heavy atom. The number of pyridine rings is 1. The van der Waals surface area contributed by atoms with E-state index in [-0.39, 0.29) is 24.0 Å². The van der Waals surface area contributed by atoms with Crippen molar-refractivity contribution in [2.45, 2.75) is 6.42 Å². The number of halogens is 1. The molecule has 0 aliphatic carbocycles. The number of carbonyl (C=O) groups is 2. The molecule has 2 aromatic carbocycles. The van der Waals surface area contributed by atoms with Gasteiger partial charge in [0.2, 0.25) is 11.8 Å². The van der Waals surface area contributed by atoms with Gasteiger partial charge in [-0.1, -0.05) is 18.2 Å². The van der Waals surface area contributed by atoms with Gasteiger partial charge in [-0.05, 0) is 53.6 Å². The largest absolute Gasteiger partial charge is 0.497 e. The molecule has 0 saturated carbocycles. The third-order valence-corrected chi connectivity index (χ3v) is 5.67. The van der Waals surface area contributed by atoms with Gasteiger partial charge in [-0.25, -0.2) is 4.39 Å². The Balaban J connectivity index is 1.28. The molecular formula is C27H26FN3O4. The molecule has 0 unspecified atom stereocenters. The molecule has 1 saturated heterocycles. The average Bonchev–Trinajstić information content (AvgIpc) is 2.89.